The fourth-order valence-corrected chi connectivity index (χ4v) is 1.96. The van der Waals surface area contributed by atoms with Gasteiger partial charge in [-0.2, -0.15) is 0 Å². The number of esters is 1. The monoisotopic (exact) mass is 310 g/mol. The molecule has 0 N–H and O–H groups in total. The lowest BCUT2D eigenvalue weighted by Gasteiger charge is -2.17. The second-order valence-corrected chi connectivity index (χ2v) is 5.06. The van der Waals surface area contributed by atoms with Gasteiger partial charge in [0.15, 0.2) is 5.78 Å². The van der Waals surface area contributed by atoms with E-state index in [1.165, 1.54) is 0 Å². The van der Waals surface area contributed by atoms with Crippen molar-refractivity contribution in [2.75, 3.05) is 0 Å². The molecule has 0 aliphatic carbocycles. The van der Waals surface area contributed by atoms with Crippen LogP contribution >= 0.6 is 0 Å². The van der Waals surface area contributed by atoms with Gasteiger partial charge in [-0.25, -0.2) is 4.79 Å². The largest absolute Gasteiger partial charge is 0.454 e. The van der Waals surface area contributed by atoms with Crippen molar-refractivity contribution >= 4 is 11.8 Å². The van der Waals surface area contributed by atoms with E-state index >= 15 is 0 Å². The third-order valence-electron chi connectivity index (χ3n) is 3.08. The predicted octanol–water partition coefficient (Wildman–Crippen LogP) is 3.76. The summed E-state index contributed by atoms with van der Waals surface area (Å²) in [5.74, 6) is -0.327. The van der Waals surface area contributed by atoms with E-state index in [9.17, 15) is 9.59 Å². The summed E-state index contributed by atoms with van der Waals surface area (Å²) < 4.78 is 10.7. The summed E-state index contributed by atoms with van der Waals surface area (Å²) in [7, 11) is 0. The molecule has 0 bridgehead atoms. The molecular weight excluding hydrogens is 292 g/mol. The molecule has 0 radical (unpaired) electrons. The highest BCUT2D eigenvalue weighted by Crippen LogP contribution is 2.23. The Morgan fingerprint density at radius 1 is 1.00 bits per heavy atom. The zero-order valence-corrected chi connectivity index (χ0v) is 13.1. The van der Waals surface area contributed by atoms with Gasteiger partial charge in [-0.1, -0.05) is 49.0 Å². The van der Waals surface area contributed by atoms with Crippen LogP contribution < -0.4 is 4.74 Å². The molecule has 0 fully saturated rings. The van der Waals surface area contributed by atoms with Crippen molar-refractivity contribution in [2.45, 2.75) is 20.1 Å². The van der Waals surface area contributed by atoms with Crippen molar-refractivity contribution in [1.29, 1.82) is 0 Å². The molecule has 23 heavy (non-hydrogen) atoms. The Balaban J connectivity index is 2.19. The van der Waals surface area contributed by atoms with Crippen LogP contribution in [0.5, 0.6) is 5.75 Å². The molecule has 0 heterocycles. The molecule has 0 aromatic heterocycles. The van der Waals surface area contributed by atoms with Gasteiger partial charge in [0.2, 0.25) is 6.29 Å². The lowest BCUT2D eigenvalue weighted by molar-refractivity contribution is -0.156. The molecule has 0 aliphatic heterocycles. The first kappa shape index (κ1) is 16.5. The summed E-state index contributed by atoms with van der Waals surface area (Å²) >= 11 is 0. The second-order valence-electron chi connectivity index (χ2n) is 5.06. The lowest BCUT2D eigenvalue weighted by Crippen LogP contribution is -2.22. The second kappa shape index (κ2) is 7.40. The first-order valence-corrected chi connectivity index (χ1v) is 7.21. The normalized spacial score (nSPS) is 11.4. The van der Waals surface area contributed by atoms with Crippen molar-refractivity contribution in [3.63, 3.8) is 0 Å². The van der Waals surface area contributed by atoms with E-state index in [-0.39, 0.29) is 11.4 Å². The number of para-hydroxylation sites is 1. The number of benzene rings is 2. The predicted molar refractivity (Wildman–Crippen MR) is 87.3 cm³/mol. The average Bonchev–Trinajstić information content (AvgIpc) is 2.55. The van der Waals surface area contributed by atoms with Gasteiger partial charge in [0.05, 0.1) is 5.56 Å². The van der Waals surface area contributed by atoms with Gasteiger partial charge in [0.1, 0.15) is 5.75 Å². The van der Waals surface area contributed by atoms with Gasteiger partial charge in [0.25, 0.3) is 0 Å². The Morgan fingerprint density at radius 2 is 1.61 bits per heavy atom. The summed E-state index contributed by atoms with van der Waals surface area (Å²) in [6.07, 6.45) is -0.830. The number of ether oxygens (including phenoxy) is 2. The van der Waals surface area contributed by atoms with E-state index < -0.39 is 12.3 Å². The van der Waals surface area contributed by atoms with E-state index in [1.807, 2.05) is 6.07 Å². The van der Waals surface area contributed by atoms with Crippen LogP contribution in [0.1, 0.15) is 29.8 Å². The summed E-state index contributed by atoms with van der Waals surface area (Å²) in [4.78, 5) is 24.1. The molecule has 0 saturated heterocycles. The first-order chi connectivity index (χ1) is 11.0. The molecule has 2 aromatic rings. The number of carbonyl (C=O) groups excluding carboxylic acids is 2. The molecule has 118 valence electrons. The third-order valence-corrected chi connectivity index (χ3v) is 3.08. The van der Waals surface area contributed by atoms with Crippen LogP contribution in [0.4, 0.5) is 0 Å². The van der Waals surface area contributed by atoms with E-state index in [4.69, 9.17) is 9.47 Å². The molecule has 1 unspecified atom stereocenters. The highest BCUT2D eigenvalue weighted by Gasteiger charge is 2.17. The van der Waals surface area contributed by atoms with E-state index in [0.717, 1.165) is 0 Å². The highest BCUT2D eigenvalue weighted by atomic mass is 16.7. The van der Waals surface area contributed by atoms with Crippen molar-refractivity contribution in [2.24, 2.45) is 0 Å². The van der Waals surface area contributed by atoms with Crippen molar-refractivity contribution < 1.29 is 19.1 Å². The van der Waals surface area contributed by atoms with Crippen LogP contribution in [0.2, 0.25) is 0 Å². The maximum absolute atomic E-state index is 12.6. The van der Waals surface area contributed by atoms with Gasteiger partial charge in [-0.15, -0.1) is 0 Å². The Labute approximate surface area is 135 Å². The number of ketones is 1. The Bertz CT molecular complexity index is 719. The smallest absolute Gasteiger partial charge is 0.336 e. The topological polar surface area (TPSA) is 52.6 Å². The Hall–Kier alpha value is -2.88. The Morgan fingerprint density at radius 3 is 2.26 bits per heavy atom. The number of rotatable bonds is 6. The van der Waals surface area contributed by atoms with Crippen LogP contribution in [-0.2, 0) is 9.53 Å². The van der Waals surface area contributed by atoms with Crippen LogP contribution in [-0.4, -0.2) is 18.0 Å². The summed E-state index contributed by atoms with van der Waals surface area (Å²) in [5.41, 5.74) is 1.26. The minimum Gasteiger partial charge on any atom is -0.454 e. The van der Waals surface area contributed by atoms with Gasteiger partial charge in [-0.3, -0.25) is 4.79 Å². The van der Waals surface area contributed by atoms with E-state index in [1.54, 1.807) is 62.4 Å². The molecule has 0 amide bonds. The van der Waals surface area contributed by atoms with Crippen LogP contribution in [0.3, 0.4) is 0 Å². The van der Waals surface area contributed by atoms with Crippen molar-refractivity contribution in [3.05, 3.63) is 77.9 Å². The molecule has 0 saturated carbocycles. The Kier molecular flexibility index (Phi) is 5.31. The third kappa shape index (κ3) is 4.30. The van der Waals surface area contributed by atoms with Gasteiger partial charge in [0, 0.05) is 18.1 Å². The molecule has 1 atom stereocenters. The molecule has 4 nitrogen and oxygen atoms in total. The van der Waals surface area contributed by atoms with Gasteiger partial charge < -0.3 is 9.47 Å². The fourth-order valence-electron chi connectivity index (χ4n) is 1.96. The molecule has 0 aliphatic rings. The molecule has 0 spiro atoms. The lowest BCUT2D eigenvalue weighted by atomic mass is 10.0. The van der Waals surface area contributed by atoms with E-state index in [0.29, 0.717) is 16.9 Å². The highest BCUT2D eigenvalue weighted by molar-refractivity contribution is 6.10. The molecule has 4 heteroatoms. The van der Waals surface area contributed by atoms with Gasteiger partial charge in [-0.05, 0) is 19.1 Å². The average molecular weight is 310 g/mol. The van der Waals surface area contributed by atoms with Gasteiger partial charge >= 0.3 is 5.97 Å². The molecular formula is C19H18O4. The fraction of sp³-hybridized carbons (Fsp3) is 0.158. The molecule has 2 rings (SSSR count). The number of carbonyl (C=O) groups is 2. The standard InChI is InChI=1S/C19H18O4/c1-13(2)19(21)23-14(3)22-17-12-8-7-11-16(17)18(20)15-9-5-4-6-10-15/h4-12,14H,1H2,2-3H3. The van der Waals surface area contributed by atoms with Crippen LogP contribution in [0.15, 0.2) is 66.7 Å². The first-order valence-electron chi connectivity index (χ1n) is 7.21. The minimum atomic E-state index is -0.830. The number of hydrogen-bond donors (Lipinski definition) is 0. The summed E-state index contributed by atoms with van der Waals surface area (Å²) in [5, 5.41) is 0. The van der Waals surface area contributed by atoms with E-state index in [2.05, 4.69) is 6.58 Å². The van der Waals surface area contributed by atoms with Crippen molar-refractivity contribution in [3.8, 4) is 5.75 Å². The quantitative estimate of drug-likeness (QED) is 0.353. The zero-order chi connectivity index (χ0) is 16.8. The summed E-state index contributed by atoms with van der Waals surface area (Å²) in [6, 6.07) is 15.8. The van der Waals surface area contributed by atoms with Crippen molar-refractivity contribution in [1.82, 2.24) is 0 Å². The minimum absolute atomic E-state index is 0.153. The zero-order valence-electron chi connectivity index (χ0n) is 13.1. The molecule has 2 aromatic carbocycles. The maximum atomic E-state index is 12.6. The number of hydrogen-bond acceptors (Lipinski definition) is 4. The SMILES string of the molecule is C=C(C)C(=O)OC(C)Oc1ccccc1C(=O)c1ccccc1. The maximum Gasteiger partial charge on any atom is 0.336 e. The van der Waals surface area contributed by atoms with Crippen LogP contribution in [0, 0.1) is 0 Å². The van der Waals surface area contributed by atoms with Crippen LogP contribution in [0.25, 0.3) is 0 Å². The summed E-state index contributed by atoms with van der Waals surface area (Å²) in [6.45, 7) is 6.66.